The molecule has 2 aliphatic heterocycles. The lowest BCUT2D eigenvalue weighted by atomic mass is 10.2. The largest absolute Gasteiger partial charge is 0.493 e. The van der Waals surface area contributed by atoms with E-state index in [1.54, 1.807) is 18.2 Å². The molecule has 0 bridgehead atoms. The molecule has 0 aromatic heterocycles. The minimum absolute atomic E-state index is 0.0329. The van der Waals surface area contributed by atoms with Crippen LogP contribution < -0.4 is 14.8 Å². The minimum Gasteiger partial charge on any atom is -0.493 e. The fourth-order valence-electron chi connectivity index (χ4n) is 3.79. The molecular weight excluding hydrogens is 466 g/mol. The first kappa shape index (κ1) is 23.8. The normalized spacial score (nSPS) is 16.8. The van der Waals surface area contributed by atoms with Crippen molar-refractivity contribution in [2.45, 2.75) is 36.0 Å². The molecule has 0 aliphatic carbocycles. The zero-order valence-electron chi connectivity index (χ0n) is 18.5. The number of nitrogens with one attached hydrogen (secondary N) is 2. The van der Waals surface area contributed by atoms with E-state index in [-0.39, 0.29) is 28.6 Å². The van der Waals surface area contributed by atoms with Crippen molar-refractivity contribution in [1.82, 2.24) is 4.31 Å². The Bertz CT molecular complexity index is 1210. The van der Waals surface area contributed by atoms with E-state index in [0.717, 1.165) is 18.4 Å². The lowest BCUT2D eigenvalue weighted by molar-refractivity contribution is 0.0730. The summed E-state index contributed by atoms with van der Waals surface area (Å²) in [4.78, 5) is 0.137. The lowest BCUT2D eigenvalue weighted by Gasteiger charge is -2.26. The third kappa shape index (κ3) is 5.26. The van der Waals surface area contributed by atoms with E-state index in [1.165, 1.54) is 22.5 Å². The zero-order chi connectivity index (χ0) is 23.5. The van der Waals surface area contributed by atoms with Crippen LogP contribution in [0.3, 0.4) is 0 Å². The highest BCUT2D eigenvalue weighted by atomic mass is 32.2. The first-order valence-corrected chi connectivity index (χ1v) is 14.0. The van der Waals surface area contributed by atoms with Crippen molar-refractivity contribution in [3.05, 3.63) is 42.0 Å². The average Bonchev–Trinajstić information content (AvgIpc) is 3.28. The highest BCUT2D eigenvalue weighted by Gasteiger charge is 2.28. The zero-order valence-corrected chi connectivity index (χ0v) is 20.2. The molecule has 180 valence electrons. The van der Waals surface area contributed by atoms with Gasteiger partial charge < -0.3 is 14.8 Å². The van der Waals surface area contributed by atoms with Gasteiger partial charge in [-0.1, -0.05) is 13.3 Å². The molecule has 0 atom stereocenters. The van der Waals surface area contributed by atoms with Gasteiger partial charge in [0.1, 0.15) is 5.75 Å². The molecular formula is C22H29N3O6S2. The Kier molecular flexibility index (Phi) is 7.13. The van der Waals surface area contributed by atoms with Gasteiger partial charge in [0.25, 0.3) is 10.0 Å². The van der Waals surface area contributed by atoms with Gasteiger partial charge in [0, 0.05) is 26.1 Å². The third-order valence-corrected chi connectivity index (χ3v) is 8.92. The Labute approximate surface area is 195 Å². The molecule has 1 fully saturated rings. The Morgan fingerprint density at radius 1 is 0.939 bits per heavy atom. The molecule has 2 N–H and O–H groups in total. The molecule has 4 rings (SSSR count). The predicted molar refractivity (Wildman–Crippen MR) is 126 cm³/mol. The maximum Gasteiger partial charge on any atom is 0.261 e. The van der Waals surface area contributed by atoms with E-state index in [4.69, 9.17) is 9.47 Å². The summed E-state index contributed by atoms with van der Waals surface area (Å²) < 4.78 is 67.3. The molecule has 33 heavy (non-hydrogen) atoms. The van der Waals surface area contributed by atoms with Gasteiger partial charge in [-0.2, -0.15) is 4.31 Å². The van der Waals surface area contributed by atoms with Crippen LogP contribution in [0.2, 0.25) is 0 Å². The number of nitrogens with zero attached hydrogens (tertiary/aromatic N) is 1. The van der Waals surface area contributed by atoms with Crippen molar-refractivity contribution < 1.29 is 26.3 Å². The third-order valence-electron chi connectivity index (χ3n) is 5.66. The van der Waals surface area contributed by atoms with Gasteiger partial charge in [0.2, 0.25) is 10.0 Å². The monoisotopic (exact) mass is 495 g/mol. The molecule has 0 saturated carbocycles. The number of ether oxygens (including phenoxy) is 2. The number of rotatable bonds is 9. The Balaban J connectivity index is 1.67. The number of anilines is 2. The first-order valence-electron chi connectivity index (χ1n) is 11.1. The fraction of sp³-hybridized carbons (Fsp3) is 0.455. The molecule has 11 heteroatoms. The molecule has 0 amide bonds. The van der Waals surface area contributed by atoms with Gasteiger partial charge >= 0.3 is 0 Å². The number of sulfonamides is 2. The molecule has 0 spiro atoms. The Morgan fingerprint density at radius 3 is 2.45 bits per heavy atom. The van der Waals surface area contributed by atoms with Crippen LogP contribution in [0, 0.1) is 0 Å². The van der Waals surface area contributed by atoms with Crippen molar-refractivity contribution in [3.63, 3.8) is 0 Å². The van der Waals surface area contributed by atoms with Crippen molar-refractivity contribution in [3.8, 4) is 5.75 Å². The fourth-order valence-corrected chi connectivity index (χ4v) is 6.35. The number of fused-ring (bicyclic) bond motifs is 1. The summed E-state index contributed by atoms with van der Waals surface area (Å²) >= 11 is 0. The Morgan fingerprint density at radius 2 is 1.70 bits per heavy atom. The quantitative estimate of drug-likeness (QED) is 0.514. The molecule has 2 aliphatic rings. The number of benzene rings is 2. The molecule has 2 heterocycles. The number of hydrogen-bond acceptors (Lipinski definition) is 7. The molecule has 1 saturated heterocycles. The van der Waals surface area contributed by atoms with Gasteiger partial charge in [-0.15, -0.1) is 0 Å². The maximum absolute atomic E-state index is 13.2. The topological polar surface area (TPSA) is 114 Å². The maximum atomic E-state index is 13.2. The van der Waals surface area contributed by atoms with E-state index in [0.29, 0.717) is 44.2 Å². The lowest BCUT2D eigenvalue weighted by Crippen LogP contribution is -2.40. The summed E-state index contributed by atoms with van der Waals surface area (Å²) in [6.07, 6.45) is 2.51. The van der Waals surface area contributed by atoms with E-state index in [1.807, 2.05) is 0 Å². The summed E-state index contributed by atoms with van der Waals surface area (Å²) in [5.74, 6) is 0.689. The van der Waals surface area contributed by atoms with Gasteiger partial charge in [-0.25, -0.2) is 16.8 Å². The highest BCUT2D eigenvalue weighted by Crippen LogP contribution is 2.32. The second-order valence-corrected chi connectivity index (χ2v) is 11.6. The van der Waals surface area contributed by atoms with Gasteiger partial charge in [-0.05, 0) is 48.4 Å². The smallest absolute Gasteiger partial charge is 0.261 e. The molecule has 9 nitrogen and oxygen atoms in total. The van der Waals surface area contributed by atoms with E-state index in [9.17, 15) is 16.8 Å². The van der Waals surface area contributed by atoms with Crippen molar-refractivity contribution >= 4 is 31.4 Å². The first-order chi connectivity index (χ1) is 15.8. The van der Waals surface area contributed by atoms with Gasteiger partial charge in [0.05, 0.1) is 41.0 Å². The summed E-state index contributed by atoms with van der Waals surface area (Å²) in [5, 5.41) is 3.21. The number of hydrogen-bond donors (Lipinski definition) is 2. The van der Waals surface area contributed by atoms with Crippen LogP contribution >= 0.6 is 0 Å². The van der Waals surface area contributed by atoms with Crippen LogP contribution in [0.1, 0.15) is 25.3 Å². The second-order valence-electron chi connectivity index (χ2n) is 7.98. The summed E-state index contributed by atoms with van der Waals surface area (Å²) in [7, 11) is -7.73. The van der Waals surface area contributed by atoms with Crippen LogP contribution in [-0.4, -0.2) is 60.6 Å². The molecule has 0 radical (unpaired) electrons. The predicted octanol–water partition coefficient (Wildman–Crippen LogP) is 2.66. The summed E-state index contributed by atoms with van der Waals surface area (Å²) in [5.41, 5.74) is 1.55. The van der Waals surface area contributed by atoms with E-state index < -0.39 is 20.0 Å². The van der Waals surface area contributed by atoms with Crippen LogP contribution in [0.5, 0.6) is 5.75 Å². The standard InChI is InChI=1S/C22H29N3O6S2/c1-2-3-9-23-20-6-4-19(33(28,29)25-10-13-30-14-11-25)16-21(20)24-32(26,27)18-5-7-22-17(15-18)8-12-31-22/h4-7,15-16,23-24H,2-3,8-14H2,1H3. The van der Waals surface area contributed by atoms with Crippen molar-refractivity contribution in [1.29, 1.82) is 0 Å². The minimum atomic E-state index is -3.95. The SMILES string of the molecule is CCCCNc1ccc(S(=O)(=O)N2CCOCC2)cc1NS(=O)(=O)c1ccc2c(c1)CCO2. The Hall–Kier alpha value is -2.34. The molecule has 2 aromatic carbocycles. The molecule has 2 aromatic rings. The summed E-state index contributed by atoms with van der Waals surface area (Å²) in [6, 6.07) is 9.23. The average molecular weight is 496 g/mol. The van der Waals surface area contributed by atoms with Crippen LogP contribution in [0.4, 0.5) is 11.4 Å². The van der Waals surface area contributed by atoms with E-state index >= 15 is 0 Å². The molecule has 0 unspecified atom stereocenters. The van der Waals surface area contributed by atoms with Gasteiger partial charge in [0.15, 0.2) is 0 Å². The highest BCUT2D eigenvalue weighted by molar-refractivity contribution is 7.92. The number of unbranched alkanes of at least 4 members (excludes halogenated alkanes) is 1. The van der Waals surface area contributed by atoms with Gasteiger partial charge in [-0.3, -0.25) is 4.72 Å². The van der Waals surface area contributed by atoms with E-state index in [2.05, 4.69) is 17.0 Å². The number of morpholine rings is 1. The van der Waals surface area contributed by atoms with Crippen molar-refractivity contribution in [2.75, 3.05) is 49.5 Å². The van der Waals surface area contributed by atoms with Crippen LogP contribution in [-0.2, 0) is 31.2 Å². The summed E-state index contributed by atoms with van der Waals surface area (Å²) in [6.45, 7) is 4.40. The second kappa shape index (κ2) is 9.88. The van der Waals surface area contributed by atoms with Crippen molar-refractivity contribution in [2.24, 2.45) is 0 Å². The van der Waals surface area contributed by atoms with Crippen LogP contribution in [0.25, 0.3) is 0 Å². The van der Waals surface area contributed by atoms with Crippen LogP contribution in [0.15, 0.2) is 46.2 Å².